The Morgan fingerprint density at radius 3 is 0.688 bits per heavy atom. The molecule has 0 fully saturated rings. The van der Waals surface area contributed by atoms with E-state index in [0.29, 0.717) is 0 Å². The quantitative estimate of drug-likeness (QED) is 0.441. The Morgan fingerprint density at radius 1 is 0.562 bits per heavy atom. The molecule has 8 heteroatoms. The van der Waals surface area contributed by atoms with Gasteiger partial charge in [-0.1, -0.05) is 0 Å². The number of hydrogen-bond donors (Lipinski definition) is 0. The van der Waals surface area contributed by atoms with Crippen LogP contribution < -0.4 is 0 Å². The van der Waals surface area contributed by atoms with Crippen molar-refractivity contribution in [1.82, 2.24) is 0 Å². The Labute approximate surface area is 143 Å². The molecule has 0 aromatic rings. The van der Waals surface area contributed by atoms with Crippen molar-refractivity contribution in [3.05, 3.63) is 0 Å². The monoisotopic (exact) mass is 592 g/mol. The molecule has 0 bridgehead atoms. The summed E-state index contributed by atoms with van der Waals surface area (Å²) in [6, 6.07) is 0. The van der Waals surface area contributed by atoms with Crippen LogP contribution in [0.15, 0.2) is 0 Å². The van der Waals surface area contributed by atoms with Crippen molar-refractivity contribution < 1.29 is 0 Å². The predicted octanol–water partition coefficient (Wildman–Crippen LogP) is 1.62. The van der Waals surface area contributed by atoms with Crippen molar-refractivity contribution in [2.75, 3.05) is 0 Å². The van der Waals surface area contributed by atoms with Crippen molar-refractivity contribution in [2.24, 2.45) is 0 Å². The predicted molar refractivity (Wildman–Crippen MR) is 92.9 cm³/mol. The first-order valence-electron chi connectivity index (χ1n) is 5.36. The molecular formula is C8H24Se3Si4Sn. The summed E-state index contributed by atoms with van der Waals surface area (Å²) in [7, 11) is 0. The molecular weight excluding hydrogens is 564 g/mol. The SMILES string of the molecule is C[Si](C)([Se])[Si](C)([Si](C)(C)[Se])[Si](C)(C)[Se].[CH3][Sn]. The fraction of sp³-hybridized carbons (Fsp3) is 1.00. The van der Waals surface area contributed by atoms with E-state index in [1.54, 1.807) is 22.5 Å². The van der Waals surface area contributed by atoms with Crippen LogP contribution in [0.4, 0.5) is 0 Å². The molecule has 0 aliphatic carbocycles. The second kappa shape index (κ2) is 7.30. The third-order valence-electron chi connectivity index (χ3n) is 3.61. The van der Waals surface area contributed by atoms with Crippen LogP contribution >= 0.6 is 0 Å². The molecule has 0 amide bonds. The van der Waals surface area contributed by atoms with Gasteiger partial charge in [0, 0.05) is 0 Å². The van der Waals surface area contributed by atoms with Crippen molar-refractivity contribution in [3.63, 3.8) is 0 Å². The Hall–Kier alpha value is 3.22. The van der Waals surface area contributed by atoms with Crippen LogP contribution in [-0.2, 0) is 0 Å². The van der Waals surface area contributed by atoms with Gasteiger partial charge in [0.2, 0.25) is 0 Å². The summed E-state index contributed by atoms with van der Waals surface area (Å²) >= 11 is 12.4. The summed E-state index contributed by atoms with van der Waals surface area (Å²) in [6.45, 7) is 16.8. The van der Waals surface area contributed by atoms with E-state index in [4.69, 9.17) is 0 Å². The van der Waals surface area contributed by atoms with Gasteiger partial charge in [-0.15, -0.1) is 0 Å². The summed E-state index contributed by atoms with van der Waals surface area (Å²) in [6.07, 6.45) is -3.32. The van der Waals surface area contributed by atoms with Crippen molar-refractivity contribution in [3.8, 4) is 0 Å². The van der Waals surface area contributed by atoms with Crippen LogP contribution in [0, 0.1) is 0 Å². The molecule has 0 unspecified atom stereocenters. The van der Waals surface area contributed by atoms with E-state index in [9.17, 15) is 0 Å². The van der Waals surface area contributed by atoms with Crippen LogP contribution in [0.1, 0.15) is 0 Å². The molecule has 0 aromatic heterocycles. The Balaban J connectivity index is 0. The van der Waals surface area contributed by atoms with Crippen molar-refractivity contribution in [1.29, 1.82) is 0 Å². The van der Waals surface area contributed by atoms with Gasteiger partial charge in [-0.05, 0) is 0 Å². The first-order valence-corrected chi connectivity index (χ1v) is 30.2. The van der Waals surface area contributed by atoms with Crippen molar-refractivity contribution in [2.45, 2.75) is 50.8 Å². The van der Waals surface area contributed by atoms with Gasteiger partial charge in [0.15, 0.2) is 0 Å². The van der Waals surface area contributed by atoms with Crippen molar-refractivity contribution >= 4 is 93.9 Å². The second-order valence-electron chi connectivity index (χ2n) is 5.66. The molecule has 0 N–H and O–H groups in total. The zero-order chi connectivity index (χ0) is 14.0. The van der Waals surface area contributed by atoms with Gasteiger partial charge in [0.25, 0.3) is 0 Å². The fourth-order valence-corrected chi connectivity index (χ4v) is 172. The summed E-state index contributed by atoms with van der Waals surface area (Å²) in [5, 5.41) is 0. The van der Waals surface area contributed by atoms with Gasteiger partial charge in [0.1, 0.15) is 0 Å². The van der Waals surface area contributed by atoms with E-state index in [-0.39, 0.29) is 0 Å². The molecule has 0 saturated heterocycles. The maximum atomic E-state index is 3.60. The van der Waals surface area contributed by atoms with E-state index in [2.05, 4.69) is 96.9 Å². The minimum atomic E-state index is -1.11. The van der Waals surface area contributed by atoms with Crippen LogP contribution in [0.3, 0.4) is 0 Å². The van der Waals surface area contributed by atoms with Gasteiger partial charge in [-0.25, -0.2) is 0 Å². The Bertz CT molecular complexity index is 181. The summed E-state index contributed by atoms with van der Waals surface area (Å²) in [5.74, 6) is 0. The summed E-state index contributed by atoms with van der Waals surface area (Å²) in [4.78, 5) is 2.09. The average Bonchev–Trinajstić information content (AvgIpc) is 2.00. The van der Waals surface area contributed by atoms with Gasteiger partial charge in [0.05, 0.1) is 0 Å². The Morgan fingerprint density at radius 2 is 0.688 bits per heavy atom. The standard InChI is InChI=1S/C7H21Se3Si4.CH3.Sn/c1-11(2,8)14(7,12(3,4)9)13(5,6)10;;/h1-7H3;1H3;. The van der Waals surface area contributed by atoms with Crippen LogP contribution in [0.5, 0.6) is 0 Å². The number of rotatable bonds is 3. The van der Waals surface area contributed by atoms with E-state index in [1.165, 1.54) is 0 Å². The molecule has 0 atom stereocenters. The summed E-state index contributed by atoms with van der Waals surface area (Å²) < 4.78 is 0. The van der Waals surface area contributed by atoms with Crippen LogP contribution in [0.2, 0.25) is 50.8 Å². The molecule has 0 aliphatic rings. The second-order valence-corrected chi connectivity index (χ2v) is 68.3. The van der Waals surface area contributed by atoms with E-state index >= 15 is 0 Å². The molecule has 0 heterocycles. The van der Waals surface area contributed by atoms with E-state index in [0.717, 1.165) is 0 Å². The first-order chi connectivity index (χ1) is 6.75. The number of hydrogen-bond acceptors (Lipinski definition) is 0. The van der Waals surface area contributed by atoms with Gasteiger partial charge in [-0.2, -0.15) is 0 Å². The third-order valence-corrected chi connectivity index (χ3v) is 111. The molecule has 0 nitrogen and oxygen atoms in total. The average molecular weight is 588 g/mol. The minimum absolute atomic E-state index is 1.10. The topological polar surface area (TPSA) is 0 Å². The normalized spacial score (nSPS) is 14.2. The molecule has 0 aliphatic heterocycles. The third kappa shape index (κ3) is 4.96. The summed E-state index contributed by atoms with van der Waals surface area (Å²) in [5.41, 5.74) is 0. The molecule has 0 spiro atoms. The van der Waals surface area contributed by atoms with E-state index < -0.39 is 25.2 Å². The van der Waals surface area contributed by atoms with Crippen LogP contribution in [-0.4, -0.2) is 93.9 Å². The Kier molecular flexibility index (Phi) is 9.81. The zero-order valence-electron chi connectivity index (χ0n) is 11.7. The molecule has 6 radical (unpaired) electrons. The van der Waals surface area contributed by atoms with Gasteiger partial charge in [-0.3, -0.25) is 0 Å². The zero-order valence-corrected chi connectivity index (χ0v) is 23.7. The fourth-order valence-electron chi connectivity index (χ4n) is 2.17. The molecule has 0 aromatic carbocycles. The molecule has 16 heavy (non-hydrogen) atoms. The molecule has 94 valence electrons. The van der Waals surface area contributed by atoms with Gasteiger partial charge < -0.3 is 0 Å². The van der Waals surface area contributed by atoms with E-state index in [1.807, 2.05) is 0 Å². The van der Waals surface area contributed by atoms with Crippen LogP contribution in [0.25, 0.3) is 0 Å². The first kappa shape index (κ1) is 21.5. The maximum absolute atomic E-state index is 3.60. The molecule has 0 rings (SSSR count). The molecule has 0 saturated carbocycles. The van der Waals surface area contributed by atoms with Gasteiger partial charge >= 0.3 is 145 Å².